The van der Waals surface area contributed by atoms with E-state index in [-0.39, 0.29) is 18.1 Å². The summed E-state index contributed by atoms with van der Waals surface area (Å²) in [7, 11) is 0. The number of aromatic nitrogens is 2. The van der Waals surface area contributed by atoms with E-state index in [1.54, 1.807) is 10.9 Å². The third-order valence-corrected chi connectivity index (χ3v) is 3.55. The molecule has 1 aliphatic rings. The van der Waals surface area contributed by atoms with Gasteiger partial charge in [-0.25, -0.2) is 4.79 Å². The van der Waals surface area contributed by atoms with Gasteiger partial charge in [-0.1, -0.05) is 6.42 Å². The number of carboxylic acids is 1. The highest BCUT2D eigenvalue weighted by Gasteiger charge is 2.33. The van der Waals surface area contributed by atoms with E-state index in [0.29, 0.717) is 13.0 Å². The van der Waals surface area contributed by atoms with Gasteiger partial charge in [0.1, 0.15) is 0 Å². The summed E-state index contributed by atoms with van der Waals surface area (Å²) >= 11 is 0. The summed E-state index contributed by atoms with van der Waals surface area (Å²) in [5.74, 6) is -1.31. The number of amides is 2. The fraction of sp³-hybridized carbons (Fsp3) is 0.615. The van der Waals surface area contributed by atoms with Crippen LogP contribution in [-0.4, -0.2) is 39.0 Å². The van der Waals surface area contributed by atoms with Gasteiger partial charge in [0.2, 0.25) is 0 Å². The van der Waals surface area contributed by atoms with Crippen molar-refractivity contribution in [3.8, 4) is 0 Å². The lowest BCUT2D eigenvalue weighted by Crippen LogP contribution is -2.48. The van der Waals surface area contributed by atoms with Gasteiger partial charge in [-0.15, -0.1) is 0 Å². The molecule has 1 aromatic rings. The molecule has 7 nitrogen and oxygen atoms in total. The minimum Gasteiger partial charge on any atom is -0.481 e. The van der Waals surface area contributed by atoms with Crippen LogP contribution in [0.1, 0.15) is 26.2 Å². The fourth-order valence-corrected chi connectivity index (χ4v) is 2.60. The van der Waals surface area contributed by atoms with Crippen LogP contribution >= 0.6 is 0 Å². The Balaban J connectivity index is 1.78. The van der Waals surface area contributed by atoms with E-state index in [9.17, 15) is 9.59 Å². The van der Waals surface area contributed by atoms with Crippen LogP contribution in [0, 0.1) is 5.92 Å². The molecule has 0 radical (unpaired) electrons. The number of nitrogens with one attached hydrogen (secondary N) is 2. The van der Waals surface area contributed by atoms with Crippen molar-refractivity contribution >= 4 is 12.0 Å². The van der Waals surface area contributed by atoms with Gasteiger partial charge in [-0.3, -0.25) is 9.48 Å². The largest absolute Gasteiger partial charge is 0.481 e. The minimum absolute atomic E-state index is 0.0837. The van der Waals surface area contributed by atoms with Crippen molar-refractivity contribution in [2.75, 3.05) is 0 Å². The molecule has 0 bridgehead atoms. The minimum atomic E-state index is -0.836. The Hall–Kier alpha value is -2.05. The summed E-state index contributed by atoms with van der Waals surface area (Å²) in [6.45, 7) is 2.46. The predicted molar refractivity (Wildman–Crippen MR) is 72.1 cm³/mol. The monoisotopic (exact) mass is 280 g/mol. The van der Waals surface area contributed by atoms with Crippen molar-refractivity contribution in [3.63, 3.8) is 0 Å². The lowest BCUT2D eigenvalue weighted by atomic mass is 10.0. The molecule has 1 aliphatic carbocycles. The number of hydrogen-bond acceptors (Lipinski definition) is 3. The van der Waals surface area contributed by atoms with Crippen molar-refractivity contribution in [3.05, 3.63) is 18.5 Å². The molecule has 2 amide bonds. The van der Waals surface area contributed by atoms with E-state index in [1.165, 1.54) is 0 Å². The standard InChI is InChI=1S/C13H20N4O3/c1-9(8-17-7-3-6-14-17)15-13(20)16-11-5-2-4-10(11)12(18)19/h3,6-7,9-11H,2,4-5,8H2,1H3,(H,18,19)(H2,15,16,20). The smallest absolute Gasteiger partial charge is 0.315 e. The topological polar surface area (TPSA) is 96.3 Å². The van der Waals surface area contributed by atoms with Crippen molar-refractivity contribution in [2.24, 2.45) is 5.92 Å². The zero-order valence-electron chi connectivity index (χ0n) is 11.5. The third kappa shape index (κ3) is 3.72. The molecule has 0 aromatic carbocycles. The molecule has 3 unspecified atom stereocenters. The van der Waals surface area contributed by atoms with Crippen LogP contribution in [0.5, 0.6) is 0 Å². The van der Waals surface area contributed by atoms with Crippen LogP contribution in [0.4, 0.5) is 4.79 Å². The molecular formula is C13H20N4O3. The van der Waals surface area contributed by atoms with Gasteiger partial charge >= 0.3 is 12.0 Å². The molecule has 1 saturated carbocycles. The van der Waals surface area contributed by atoms with E-state index in [4.69, 9.17) is 5.11 Å². The Labute approximate surface area is 117 Å². The first-order chi connectivity index (χ1) is 9.56. The average Bonchev–Trinajstić information content (AvgIpc) is 2.99. The van der Waals surface area contributed by atoms with Crippen molar-refractivity contribution in [2.45, 2.75) is 44.8 Å². The van der Waals surface area contributed by atoms with E-state index < -0.39 is 11.9 Å². The predicted octanol–water partition coefficient (Wildman–Crippen LogP) is 0.824. The lowest BCUT2D eigenvalue weighted by Gasteiger charge is -2.20. The molecular weight excluding hydrogens is 260 g/mol. The lowest BCUT2D eigenvalue weighted by molar-refractivity contribution is -0.142. The van der Waals surface area contributed by atoms with Crippen LogP contribution in [0.15, 0.2) is 18.5 Å². The van der Waals surface area contributed by atoms with Gasteiger partial charge in [0.25, 0.3) is 0 Å². The number of nitrogens with zero attached hydrogens (tertiary/aromatic N) is 2. The number of hydrogen-bond donors (Lipinski definition) is 3. The summed E-state index contributed by atoms with van der Waals surface area (Å²) in [5.41, 5.74) is 0. The number of rotatable bonds is 5. The molecule has 1 heterocycles. The SMILES string of the molecule is CC(Cn1cccn1)NC(=O)NC1CCCC1C(=O)O. The number of aliphatic carboxylic acids is 1. The molecule has 1 aromatic heterocycles. The van der Waals surface area contributed by atoms with Gasteiger partial charge < -0.3 is 15.7 Å². The highest BCUT2D eigenvalue weighted by atomic mass is 16.4. The summed E-state index contributed by atoms with van der Waals surface area (Å²) in [6.07, 6.45) is 5.70. The van der Waals surface area contributed by atoms with Gasteiger partial charge in [0.05, 0.1) is 12.5 Å². The Bertz CT molecular complexity index is 460. The number of urea groups is 1. The van der Waals surface area contributed by atoms with E-state index in [2.05, 4.69) is 15.7 Å². The zero-order valence-corrected chi connectivity index (χ0v) is 11.5. The molecule has 3 N–H and O–H groups in total. The Kier molecular flexibility index (Phi) is 4.60. The molecule has 7 heteroatoms. The van der Waals surface area contributed by atoms with Crippen LogP contribution in [0.2, 0.25) is 0 Å². The normalized spacial score (nSPS) is 23.2. The molecule has 0 aliphatic heterocycles. The maximum atomic E-state index is 11.9. The Morgan fingerprint density at radius 2 is 2.30 bits per heavy atom. The molecule has 0 saturated heterocycles. The summed E-state index contributed by atoms with van der Waals surface area (Å²) in [6, 6.07) is 1.15. The highest BCUT2D eigenvalue weighted by Crippen LogP contribution is 2.25. The van der Waals surface area contributed by atoms with E-state index in [1.807, 2.05) is 19.2 Å². The van der Waals surface area contributed by atoms with E-state index in [0.717, 1.165) is 12.8 Å². The molecule has 110 valence electrons. The summed E-state index contributed by atoms with van der Waals surface area (Å²) in [5, 5.41) is 18.7. The summed E-state index contributed by atoms with van der Waals surface area (Å²) < 4.78 is 1.74. The first-order valence-corrected chi connectivity index (χ1v) is 6.83. The van der Waals surface area contributed by atoms with Crippen molar-refractivity contribution in [1.82, 2.24) is 20.4 Å². The van der Waals surface area contributed by atoms with Gasteiger partial charge in [0, 0.05) is 24.5 Å². The van der Waals surface area contributed by atoms with Gasteiger partial charge in [0.15, 0.2) is 0 Å². The maximum Gasteiger partial charge on any atom is 0.315 e. The Morgan fingerprint density at radius 1 is 1.50 bits per heavy atom. The number of carbonyl (C=O) groups is 2. The molecule has 3 atom stereocenters. The van der Waals surface area contributed by atoms with E-state index >= 15 is 0 Å². The van der Waals surface area contributed by atoms with Crippen LogP contribution in [-0.2, 0) is 11.3 Å². The van der Waals surface area contributed by atoms with Crippen LogP contribution in [0.25, 0.3) is 0 Å². The van der Waals surface area contributed by atoms with Crippen LogP contribution < -0.4 is 10.6 Å². The molecule has 20 heavy (non-hydrogen) atoms. The zero-order chi connectivity index (χ0) is 14.5. The second-order valence-electron chi connectivity index (χ2n) is 5.23. The van der Waals surface area contributed by atoms with Gasteiger partial charge in [-0.2, -0.15) is 5.10 Å². The summed E-state index contributed by atoms with van der Waals surface area (Å²) in [4.78, 5) is 22.9. The van der Waals surface area contributed by atoms with Crippen molar-refractivity contribution in [1.29, 1.82) is 0 Å². The second kappa shape index (κ2) is 6.40. The van der Waals surface area contributed by atoms with Crippen LogP contribution in [0.3, 0.4) is 0 Å². The average molecular weight is 280 g/mol. The van der Waals surface area contributed by atoms with Crippen molar-refractivity contribution < 1.29 is 14.7 Å². The first-order valence-electron chi connectivity index (χ1n) is 6.83. The van der Waals surface area contributed by atoms with Gasteiger partial charge in [-0.05, 0) is 25.8 Å². The Morgan fingerprint density at radius 3 is 2.95 bits per heavy atom. The molecule has 2 rings (SSSR count). The third-order valence-electron chi connectivity index (χ3n) is 3.55. The molecule has 1 fully saturated rings. The highest BCUT2D eigenvalue weighted by molar-refractivity contribution is 5.77. The molecule has 0 spiro atoms. The first kappa shape index (κ1) is 14.4. The quantitative estimate of drug-likeness (QED) is 0.744. The fourth-order valence-electron chi connectivity index (χ4n) is 2.60. The second-order valence-corrected chi connectivity index (χ2v) is 5.23. The maximum absolute atomic E-state index is 11.9. The number of carboxylic acid groups (broad SMARTS) is 1. The number of carbonyl (C=O) groups excluding carboxylic acids is 1.